The number of methoxy groups -OCH3 is 2. The van der Waals surface area contributed by atoms with Gasteiger partial charge >= 0.3 is 0 Å². The maximum Gasteiger partial charge on any atom is 0.245 e. The predicted molar refractivity (Wildman–Crippen MR) is 201 cm³/mol. The Balaban J connectivity index is 1.73. The predicted octanol–water partition coefficient (Wildman–Crippen LogP) is 3.43. The highest BCUT2D eigenvalue weighted by Crippen LogP contribution is 2.30. The average Bonchev–Trinajstić information content (AvgIpc) is 3.77. The third-order valence-electron chi connectivity index (χ3n) is 11.4. The number of carbonyl (C=O) groups is 4. The summed E-state index contributed by atoms with van der Waals surface area (Å²) in [4.78, 5) is 62.5. The van der Waals surface area contributed by atoms with Gasteiger partial charge in [-0.1, -0.05) is 53.2 Å². The minimum atomic E-state index is -0.704. The van der Waals surface area contributed by atoms with Crippen LogP contribution in [0.4, 0.5) is 5.69 Å². The third kappa shape index (κ3) is 10.7. The largest absolute Gasteiger partial charge is 0.399 e. The molecule has 3 N–H and O–H groups in total. The van der Waals surface area contributed by atoms with E-state index in [9.17, 15) is 19.2 Å². The smallest absolute Gasteiger partial charge is 0.245 e. The van der Waals surface area contributed by atoms with Gasteiger partial charge in [-0.3, -0.25) is 24.1 Å². The van der Waals surface area contributed by atoms with Crippen LogP contribution in [-0.2, 0) is 35.1 Å². The molecule has 1 aromatic carbocycles. The zero-order chi connectivity index (χ0) is 38.0. The molecule has 0 aliphatic carbocycles. The van der Waals surface area contributed by atoms with Crippen molar-refractivity contribution in [3.05, 3.63) is 29.8 Å². The molecule has 2 aliphatic rings. The van der Waals surface area contributed by atoms with Gasteiger partial charge in [0.1, 0.15) is 6.04 Å². The first-order valence-electron chi connectivity index (χ1n) is 18.9. The van der Waals surface area contributed by atoms with Crippen LogP contribution in [0.1, 0.15) is 78.7 Å². The molecule has 1 aromatic rings. The number of nitrogens with two attached hydrogens (primary N) is 1. The normalized spacial score (nSPS) is 21.5. The molecule has 12 heteroatoms. The Morgan fingerprint density at radius 1 is 1.00 bits per heavy atom. The topological polar surface area (TPSA) is 138 Å². The van der Waals surface area contributed by atoms with E-state index < -0.39 is 30.2 Å². The molecule has 0 aromatic heterocycles. The molecule has 0 radical (unpaired) electrons. The van der Waals surface area contributed by atoms with E-state index in [0.717, 1.165) is 44.2 Å². The lowest BCUT2D eigenvalue weighted by Crippen LogP contribution is -2.59. The van der Waals surface area contributed by atoms with Gasteiger partial charge in [0.15, 0.2) is 0 Å². The van der Waals surface area contributed by atoms with Crippen molar-refractivity contribution >= 4 is 29.3 Å². The Hall–Kier alpha value is -3.22. The summed E-state index contributed by atoms with van der Waals surface area (Å²) in [7, 11) is 8.69. The lowest BCUT2D eigenvalue weighted by Gasteiger charge is -2.41. The molecule has 0 spiro atoms. The SMILES string of the molecule is CC[C@H](C)[C@@H]([C@@H](CC(=O)N1CCC[C@H]1[C@H](OC)[C@@H](C)C(=O)N(C)CCc1cccc(N)c1)OC)N(C)C(=O)[C@@H](NC(=O)[C@@H]1CCCN1C)C(C)C. The number of likely N-dealkylation sites (tertiary alicyclic amines) is 2. The van der Waals surface area contributed by atoms with Gasteiger partial charge in [0, 0.05) is 47.1 Å². The van der Waals surface area contributed by atoms with Crippen LogP contribution in [0.25, 0.3) is 0 Å². The molecule has 2 heterocycles. The van der Waals surface area contributed by atoms with Crippen molar-refractivity contribution in [1.82, 2.24) is 24.9 Å². The lowest BCUT2D eigenvalue weighted by atomic mass is 9.89. The second-order valence-electron chi connectivity index (χ2n) is 15.2. The maximum atomic E-state index is 14.2. The number of nitrogens with zero attached hydrogens (tertiary/aromatic N) is 4. The van der Waals surface area contributed by atoms with Gasteiger partial charge in [-0.2, -0.15) is 0 Å². The Morgan fingerprint density at radius 2 is 1.69 bits per heavy atom. The zero-order valence-electron chi connectivity index (χ0n) is 32.9. The fraction of sp³-hybridized carbons (Fsp3) is 0.744. The van der Waals surface area contributed by atoms with Gasteiger partial charge in [-0.25, -0.2) is 0 Å². The van der Waals surface area contributed by atoms with Gasteiger partial charge in [-0.15, -0.1) is 0 Å². The van der Waals surface area contributed by atoms with E-state index in [1.807, 2.05) is 61.9 Å². The third-order valence-corrected chi connectivity index (χ3v) is 11.4. The first kappa shape index (κ1) is 42.2. The van der Waals surface area contributed by atoms with E-state index in [-0.39, 0.29) is 54.0 Å². The first-order chi connectivity index (χ1) is 24.2. The molecule has 4 amide bonds. The lowest BCUT2D eigenvalue weighted by molar-refractivity contribution is -0.149. The van der Waals surface area contributed by atoms with Crippen molar-refractivity contribution in [2.45, 2.75) is 116 Å². The summed E-state index contributed by atoms with van der Waals surface area (Å²) in [6.07, 6.45) is 3.72. The summed E-state index contributed by atoms with van der Waals surface area (Å²) in [5, 5.41) is 3.06. The second-order valence-corrected chi connectivity index (χ2v) is 15.2. The quantitative estimate of drug-likeness (QED) is 0.221. The Labute approximate surface area is 306 Å². The molecular weight excluding hydrogens is 648 g/mol. The Bertz CT molecular complexity index is 1310. The standard InChI is InChI=1S/C39H66N6O6/c1-11-26(4)35(44(8)39(49)34(25(2)3)41-37(47)31-18-13-20-42(31)6)32(50-9)24-33(46)45-21-14-17-30(45)36(51-10)27(5)38(48)43(7)22-19-28-15-12-16-29(40)23-28/h12,15-16,23,25-27,30-32,34-36H,11,13-14,17-22,24,40H2,1-10H3,(H,41,47)/t26-,27+,30-,31-,32+,34-,35-,36+/m0/s1. The van der Waals surface area contributed by atoms with Crippen molar-refractivity contribution in [2.75, 3.05) is 60.7 Å². The van der Waals surface area contributed by atoms with Crippen molar-refractivity contribution in [3.8, 4) is 0 Å². The molecule has 288 valence electrons. The molecule has 0 bridgehead atoms. The number of anilines is 1. The molecule has 0 saturated carbocycles. The number of benzene rings is 1. The number of likely N-dealkylation sites (N-methyl/N-ethyl adjacent to an activating group) is 3. The summed E-state index contributed by atoms with van der Waals surface area (Å²) in [5.74, 6) is -1.03. The molecule has 2 aliphatic heterocycles. The van der Waals surface area contributed by atoms with Crippen LogP contribution in [0.5, 0.6) is 0 Å². The number of nitrogens with one attached hydrogen (secondary N) is 1. The van der Waals surface area contributed by atoms with Crippen LogP contribution in [-0.4, -0.2) is 135 Å². The van der Waals surface area contributed by atoms with Crippen LogP contribution in [0.15, 0.2) is 24.3 Å². The summed E-state index contributed by atoms with van der Waals surface area (Å²) in [5.41, 5.74) is 7.70. The summed E-state index contributed by atoms with van der Waals surface area (Å²) in [6.45, 7) is 11.8. The van der Waals surface area contributed by atoms with Crippen LogP contribution < -0.4 is 11.1 Å². The fourth-order valence-electron chi connectivity index (χ4n) is 8.02. The Kier molecular flexibility index (Phi) is 16.2. The van der Waals surface area contributed by atoms with E-state index in [4.69, 9.17) is 15.2 Å². The molecule has 2 fully saturated rings. The second kappa shape index (κ2) is 19.6. The van der Waals surface area contributed by atoms with Gasteiger partial charge < -0.3 is 35.2 Å². The van der Waals surface area contributed by atoms with Crippen LogP contribution >= 0.6 is 0 Å². The number of ether oxygens (including phenoxy) is 2. The molecule has 8 atom stereocenters. The number of amides is 4. The van der Waals surface area contributed by atoms with E-state index in [2.05, 4.69) is 19.2 Å². The highest BCUT2D eigenvalue weighted by Gasteiger charge is 2.43. The molecule has 51 heavy (non-hydrogen) atoms. The van der Waals surface area contributed by atoms with Crippen LogP contribution in [0.2, 0.25) is 0 Å². The van der Waals surface area contributed by atoms with E-state index in [0.29, 0.717) is 25.2 Å². The van der Waals surface area contributed by atoms with Crippen molar-refractivity contribution in [2.24, 2.45) is 17.8 Å². The number of hydrogen-bond acceptors (Lipinski definition) is 8. The summed E-state index contributed by atoms with van der Waals surface area (Å²) in [6, 6.07) is 6.06. The molecular formula is C39H66N6O6. The average molecular weight is 715 g/mol. The monoisotopic (exact) mass is 715 g/mol. The van der Waals surface area contributed by atoms with Gasteiger partial charge in [0.2, 0.25) is 23.6 Å². The molecule has 3 rings (SSSR count). The number of hydrogen-bond donors (Lipinski definition) is 2. The highest BCUT2D eigenvalue weighted by atomic mass is 16.5. The maximum absolute atomic E-state index is 14.2. The van der Waals surface area contributed by atoms with Crippen LogP contribution in [0.3, 0.4) is 0 Å². The number of nitrogen functional groups attached to an aromatic ring is 1. The van der Waals surface area contributed by atoms with E-state index >= 15 is 0 Å². The minimum Gasteiger partial charge on any atom is -0.399 e. The first-order valence-corrected chi connectivity index (χ1v) is 18.9. The number of rotatable bonds is 18. The van der Waals surface area contributed by atoms with Crippen molar-refractivity contribution in [1.29, 1.82) is 0 Å². The van der Waals surface area contributed by atoms with Crippen LogP contribution in [0, 0.1) is 17.8 Å². The Morgan fingerprint density at radius 3 is 2.25 bits per heavy atom. The van der Waals surface area contributed by atoms with E-state index in [1.54, 1.807) is 38.1 Å². The fourth-order valence-corrected chi connectivity index (χ4v) is 8.02. The summed E-state index contributed by atoms with van der Waals surface area (Å²) >= 11 is 0. The van der Waals surface area contributed by atoms with E-state index in [1.165, 1.54) is 0 Å². The minimum absolute atomic E-state index is 0.0165. The van der Waals surface area contributed by atoms with Crippen molar-refractivity contribution in [3.63, 3.8) is 0 Å². The van der Waals surface area contributed by atoms with Gasteiger partial charge in [0.05, 0.1) is 42.7 Å². The molecule has 12 nitrogen and oxygen atoms in total. The van der Waals surface area contributed by atoms with Gasteiger partial charge in [-0.05, 0) is 75.2 Å². The summed E-state index contributed by atoms with van der Waals surface area (Å²) < 4.78 is 12.0. The highest BCUT2D eigenvalue weighted by molar-refractivity contribution is 5.90. The molecule has 2 saturated heterocycles. The molecule has 0 unspecified atom stereocenters. The van der Waals surface area contributed by atoms with Crippen molar-refractivity contribution < 1.29 is 28.7 Å². The zero-order valence-corrected chi connectivity index (χ0v) is 32.9. The number of carbonyl (C=O) groups excluding carboxylic acids is 4. The van der Waals surface area contributed by atoms with Gasteiger partial charge in [0.25, 0.3) is 0 Å².